The minimum absolute atomic E-state index is 0.238. The number of aliphatic hydroxyl groups excluding tert-OH is 1. The SMILES string of the molecule is COc1nc(NC2CCCC2CCO)nc(N2CCCCCC2)n1. The van der Waals surface area contributed by atoms with E-state index >= 15 is 0 Å². The monoisotopic (exact) mass is 335 g/mol. The Morgan fingerprint density at radius 1 is 1.08 bits per heavy atom. The maximum atomic E-state index is 9.24. The standard InChI is InChI=1S/C17H29N5O2/c1-24-17-20-15(18-14-8-6-7-13(14)9-12-23)19-16(21-17)22-10-4-2-3-5-11-22/h13-14,23H,2-12H2,1H3,(H,18,19,20,21). The average molecular weight is 335 g/mol. The molecule has 2 heterocycles. The van der Waals surface area contributed by atoms with E-state index < -0.39 is 0 Å². The van der Waals surface area contributed by atoms with Crippen molar-refractivity contribution in [2.24, 2.45) is 5.92 Å². The number of aromatic nitrogens is 3. The molecule has 1 aromatic rings. The van der Waals surface area contributed by atoms with Crippen molar-refractivity contribution in [1.29, 1.82) is 0 Å². The van der Waals surface area contributed by atoms with E-state index in [9.17, 15) is 5.11 Å². The van der Waals surface area contributed by atoms with Crippen molar-refractivity contribution in [2.75, 3.05) is 37.0 Å². The lowest BCUT2D eigenvalue weighted by molar-refractivity contribution is 0.254. The molecule has 1 aromatic heterocycles. The van der Waals surface area contributed by atoms with Crippen molar-refractivity contribution in [3.63, 3.8) is 0 Å². The van der Waals surface area contributed by atoms with Gasteiger partial charge in [0.15, 0.2) is 0 Å². The van der Waals surface area contributed by atoms with Gasteiger partial charge in [-0.15, -0.1) is 0 Å². The van der Waals surface area contributed by atoms with Gasteiger partial charge in [0, 0.05) is 25.7 Å². The van der Waals surface area contributed by atoms with Crippen LogP contribution in [0.15, 0.2) is 0 Å². The molecule has 1 aliphatic carbocycles. The Balaban J connectivity index is 1.75. The number of aliphatic hydroxyl groups is 1. The number of nitrogens with one attached hydrogen (secondary N) is 1. The molecule has 0 bridgehead atoms. The van der Waals surface area contributed by atoms with E-state index in [2.05, 4.69) is 25.2 Å². The lowest BCUT2D eigenvalue weighted by Crippen LogP contribution is -2.29. The van der Waals surface area contributed by atoms with Gasteiger partial charge in [-0.05, 0) is 38.0 Å². The first-order chi connectivity index (χ1) is 11.8. The molecule has 24 heavy (non-hydrogen) atoms. The number of rotatable bonds is 6. The van der Waals surface area contributed by atoms with Crippen LogP contribution in [0.4, 0.5) is 11.9 Å². The second kappa shape index (κ2) is 8.46. The Bertz CT molecular complexity index is 520. The Labute approximate surface area is 143 Å². The molecule has 1 aliphatic heterocycles. The van der Waals surface area contributed by atoms with Gasteiger partial charge in [0.05, 0.1) is 7.11 Å². The molecule has 1 saturated heterocycles. The number of nitrogens with zero attached hydrogens (tertiary/aromatic N) is 4. The summed E-state index contributed by atoms with van der Waals surface area (Å²) in [5.74, 6) is 1.79. The number of hydrogen-bond acceptors (Lipinski definition) is 7. The van der Waals surface area contributed by atoms with Crippen LogP contribution in [0.5, 0.6) is 6.01 Å². The van der Waals surface area contributed by atoms with Gasteiger partial charge in [-0.1, -0.05) is 19.3 Å². The van der Waals surface area contributed by atoms with Crippen LogP contribution < -0.4 is 15.0 Å². The van der Waals surface area contributed by atoms with Gasteiger partial charge < -0.3 is 20.1 Å². The molecule has 0 radical (unpaired) electrons. The first-order valence-corrected chi connectivity index (χ1v) is 9.22. The van der Waals surface area contributed by atoms with Crippen LogP contribution in [0.25, 0.3) is 0 Å². The molecule has 3 rings (SSSR count). The summed E-state index contributed by atoms with van der Waals surface area (Å²) in [4.78, 5) is 15.7. The lowest BCUT2D eigenvalue weighted by Gasteiger charge is -2.23. The van der Waals surface area contributed by atoms with Gasteiger partial charge in [0.25, 0.3) is 0 Å². The van der Waals surface area contributed by atoms with Gasteiger partial charge in [-0.25, -0.2) is 0 Å². The number of methoxy groups -OCH3 is 1. The molecule has 2 atom stereocenters. The quantitative estimate of drug-likeness (QED) is 0.824. The van der Waals surface area contributed by atoms with E-state index in [1.165, 1.54) is 32.1 Å². The summed E-state index contributed by atoms with van der Waals surface area (Å²) in [6.45, 7) is 2.22. The predicted octanol–water partition coefficient (Wildman–Crippen LogP) is 2.22. The van der Waals surface area contributed by atoms with Gasteiger partial charge >= 0.3 is 6.01 Å². The maximum absolute atomic E-state index is 9.24. The van der Waals surface area contributed by atoms with Crippen molar-refractivity contribution in [2.45, 2.75) is 57.4 Å². The van der Waals surface area contributed by atoms with Gasteiger partial charge in [0.1, 0.15) is 0 Å². The average Bonchev–Trinajstić information content (AvgIpc) is 2.87. The molecule has 7 nitrogen and oxygen atoms in total. The molecule has 2 N–H and O–H groups in total. The van der Waals surface area contributed by atoms with Crippen LogP contribution in [0.2, 0.25) is 0 Å². The zero-order valence-corrected chi connectivity index (χ0v) is 14.6. The minimum Gasteiger partial charge on any atom is -0.467 e. The van der Waals surface area contributed by atoms with E-state index in [-0.39, 0.29) is 6.61 Å². The first kappa shape index (κ1) is 17.2. The largest absolute Gasteiger partial charge is 0.467 e. The highest BCUT2D eigenvalue weighted by molar-refractivity contribution is 5.39. The van der Waals surface area contributed by atoms with E-state index in [0.29, 0.717) is 29.9 Å². The molecule has 0 aromatic carbocycles. The van der Waals surface area contributed by atoms with Crippen molar-refractivity contribution < 1.29 is 9.84 Å². The molecule has 7 heteroatoms. The fourth-order valence-corrected chi connectivity index (χ4v) is 3.82. The van der Waals surface area contributed by atoms with E-state index in [1.807, 2.05) is 0 Å². The van der Waals surface area contributed by atoms with E-state index in [1.54, 1.807) is 7.11 Å². The zero-order valence-electron chi connectivity index (χ0n) is 14.6. The summed E-state index contributed by atoms with van der Waals surface area (Å²) in [5.41, 5.74) is 0. The van der Waals surface area contributed by atoms with Crippen molar-refractivity contribution in [1.82, 2.24) is 15.0 Å². The second-order valence-electron chi connectivity index (χ2n) is 6.80. The third-order valence-corrected chi connectivity index (χ3v) is 5.15. The summed E-state index contributed by atoms with van der Waals surface area (Å²) >= 11 is 0. The van der Waals surface area contributed by atoms with Crippen LogP contribution in [0.3, 0.4) is 0 Å². The second-order valence-corrected chi connectivity index (χ2v) is 6.80. The van der Waals surface area contributed by atoms with Gasteiger partial charge in [0.2, 0.25) is 11.9 Å². The van der Waals surface area contributed by atoms with Crippen molar-refractivity contribution in [3.8, 4) is 6.01 Å². The summed E-state index contributed by atoms with van der Waals surface area (Å²) in [5, 5.41) is 12.7. The Hall–Kier alpha value is -1.63. The third-order valence-electron chi connectivity index (χ3n) is 5.15. The number of hydrogen-bond donors (Lipinski definition) is 2. The number of ether oxygens (including phenoxy) is 1. The molecule has 2 aliphatic rings. The summed E-state index contributed by atoms with van der Waals surface area (Å²) in [6, 6.07) is 0.685. The van der Waals surface area contributed by atoms with Gasteiger partial charge in [-0.2, -0.15) is 15.0 Å². The fraction of sp³-hybridized carbons (Fsp3) is 0.824. The lowest BCUT2D eigenvalue weighted by atomic mass is 10.0. The summed E-state index contributed by atoms with van der Waals surface area (Å²) < 4.78 is 5.29. The first-order valence-electron chi connectivity index (χ1n) is 9.22. The highest BCUT2D eigenvalue weighted by Gasteiger charge is 2.28. The van der Waals surface area contributed by atoms with Crippen LogP contribution >= 0.6 is 0 Å². The maximum Gasteiger partial charge on any atom is 0.322 e. The highest BCUT2D eigenvalue weighted by atomic mass is 16.5. The zero-order chi connectivity index (χ0) is 16.8. The Morgan fingerprint density at radius 3 is 2.58 bits per heavy atom. The molecule has 0 spiro atoms. The van der Waals surface area contributed by atoms with Crippen LogP contribution in [-0.4, -0.2) is 52.9 Å². The molecular formula is C17H29N5O2. The van der Waals surface area contributed by atoms with Crippen LogP contribution in [0, 0.1) is 5.92 Å². The molecule has 134 valence electrons. The van der Waals surface area contributed by atoms with Crippen LogP contribution in [-0.2, 0) is 0 Å². The summed E-state index contributed by atoms with van der Waals surface area (Å²) in [6.07, 6.45) is 9.17. The topological polar surface area (TPSA) is 83.4 Å². The fourth-order valence-electron chi connectivity index (χ4n) is 3.82. The molecule has 0 amide bonds. The molecule has 1 saturated carbocycles. The van der Waals surface area contributed by atoms with Gasteiger partial charge in [-0.3, -0.25) is 0 Å². The summed E-state index contributed by atoms with van der Waals surface area (Å²) in [7, 11) is 1.59. The third kappa shape index (κ3) is 4.26. The highest BCUT2D eigenvalue weighted by Crippen LogP contribution is 2.30. The predicted molar refractivity (Wildman–Crippen MR) is 93.5 cm³/mol. The molecule has 2 fully saturated rings. The van der Waals surface area contributed by atoms with Crippen molar-refractivity contribution in [3.05, 3.63) is 0 Å². The smallest absolute Gasteiger partial charge is 0.322 e. The minimum atomic E-state index is 0.238. The molecular weight excluding hydrogens is 306 g/mol. The normalized spacial score (nSPS) is 24.7. The number of anilines is 2. The Morgan fingerprint density at radius 2 is 1.88 bits per heavy atom. The molecule has 2 unspecified atom stereocenters. The Kier molecular flexibility index (Phi) is 6.07. The van der Waals surface area contributed by atoms with Crippen molar-refractivity contribution >= 4 is 11.9 Å². The van der Waals surface area contributed by atoms with Crippen LogP contribution in [0.1, 0.15) is 51.4 Å². The van der Waals surface area contributed by atoms with E-state index in [0.717, 1.165) is 32.4 Å². The van der Waals surface area contributed by atoms with E-state index in [4.69, 9.17) is 4.74 Å².